The number of ether oxygens (including phenoxy) is 1. The van der Waals surface area contributed by atoms with Crippen molar-refractivity contribution in [3.05, 3.63) is 88.7 Å². The summed E-state index contributed by atoms with van der Waals surface area (Å²) in [6, 6.07) is 16.2. The molecule has 0 spiro atoms. The number of nitrogens with zero attached hydrogens (tertiary/aromatic N) is 1. The number of hydrogen-bond acceptors (Lipinski definition) is 4. The van der Waals surface area contributed by atoms with Crippen molar-refractivity contribution in [2.45, 2.75) is 37.8 Å². The number of nitrogens with one attached hydrogen (secondary N) is 2. The number of aromatic amines is 1. The molecule has 4 aromatic rings. The van der Waals surface area contributed by atoms with Gasteiger partial charge >= 0.3 is 12.1 Å². The third-order valence-corrected chi connectivity index (χ3v) is 6.56. The molecule has 0 aliphatic carbocycles. The van der Waals surface area contributed by atoms with Crippen LogP contribution in [0.25, 0.3) is 10.9 Å². The molecule has 0 bridgehead atoms. The Kier molecular flexibility index (Phi) is 6.78. The number of aromatic nitrogens is 2. The summed E-state index contributed by atoms with van der Waals surface area (Å²) in [7, 11) is 0. The van der Waals surface area contributed by atoms with Crippen molar-refractivity contribution in [2.24, 2.45) is 0 Å². The lowest BCUT2D eigenvalue weighted by molar-refractivity contribution is -0.138. The third kappa shape index (κ3) is 5.71. The van der Waals surface area contributed by atoms with E-state index in [4.69, 9.17) is 4.74 Å². The number of aliphatic carboxylic acids is 1. The quantitative estimate of drug-likeness (QED) is 0.265. The molecule has 3 heterocycles. The first-order valence-electron chi connectivity index (χ1n) is 12.1. The highest BCUT2D eigenvalue weighted by molar-refractivity contribution is 5.82. The van der Waals surface area contributed by atoms with Gasteiger partial charge in [0.25, 0.3) is 0 Å². The van der Waals surface area contributed by atoms with Crippen LogP contribution in [-0.4, -0.2) is 34.2 Å². The highest BCUT2D eigenvalue weighted by Gasteiger charge is 2.31. The zero-order valence-corrected chi connectivity index (χ0v) is 19.9. The second-order valence-electron chi connectivity index (χ2n) is 9.19. The van der Waals surface area contributed by atoms with Crippen LogP contribution in [0.1, 0.15) is 46.8 Å². The Bertz CT molecular complexity index is 1430. The summed E-state index contributed by atoms with van der Waals surface area (Å²) in [6.45, 7) is 1.36. The van der Waals surface area contributed by atoms with E-state index in [1.807, 2.05) is 18.2 Å². The van der Waals surface area contributed by atoms with Gasteiger partial charge in [-0.05, 0) is 60.4 Å². The van der Waals surface area contributed by atoms with Crippen molar-refractivity contribution in [3.63, 3.8) is 0 Å². The maximum Gasteiger partial charge on any atom is 0.416 e. The highest BCUT2D eigenvalue weighted by atomic mass is 19.4. The van der Waals surface area contributed by atoms with Gasteiger partial charge in [-0.25, -0.2) is 4.98 Å². The summed E-state index contributed by atoms with van der Waals surface area (Å²) in [5.41, 5.74) is 2.92. The molecule has 1 aliphatic rings. The number of carbonyl (C=O) groups is 1. The molecule has 0 amide bonds. The molecule has 3 N–H and O–H groups in total. The number of hydrogen-bond donors (Lipinski definition) is 3. The summed E-state index contributed by atoms with van der Waals surface area (Å²) >= 11 is 0. The van der Waals surface area contributed by atoms with Gasteiger partial charge < -0.3 is 20.1 Å². The molecule has 9 heteroatoms. The number of rotatable bonds is 8. The van der Waals surface area contributed by atoms with Gasteiger partial charge in [0.2, 0.25) is 0 Å². The van der Waals surface area contributed by atoms with Crippen LogP contribution in [0, 0.1) is 0 Å². The van der Waals surface area contributed by atoms with E-state index in [1.54, 1.807) is 12.1 Å². The Morgan fingerprint density at radius 3 is 2.78 bits per heavy atom. The van der Waals surface area contributed by atoms with Gasteiger partial charge in [-0.1, -0.05) is 24.3 Å². The van der Waals surface area contributed by atoms with Gasteiger partial charge in [0.05, 0.1) is 18.6 Å². The van der Waals surface area contributed by atoms with E-state index < -0.39 is 23.6 Å². The molecule has 0 radical (unpaired) electrons. The third-order valence-electron chi connectivity index (χ3n) is 6.56. The standard InChI is InChI=1S/C28H26F3N3O3/c29-28(30,31)20-5-1-3-18(13-20)23(16-26(35)36)25-15-19-14-22(8-9-24(19)34-25)37-12-10-21-7-6-17-4-2-11-32-27(17)33-21/h1,3,5-9,13-15,23,34H,2,4,10-12,16H2,(H,32,33)(H,35,36). The molecule has 0 saturated carbocycles. The fourth-order valence-corrected chi connectivity index (χ4v) is 4.71. The Balaban J connectivity index is 1.32. The maximum absolute atomic E-state index is 13.2. The van der Waals surface area contributed by atoms with Gasteiger partial charge in [-0.15, -0.1) is 0 Å². The van der Waals surface area contributed by atoms with Crippen LogP contribution in [0.15, 0.2) is 60.7 Å². The van der Waals surface area contributed by atoms with E-state index in [9.17, 15) is 23.1 Å². The van der Waals surface area contributed by atoms with E-state index in [-0.39, 0.29) is 12.0 Å². The summed E-state index contributed by atoms with van der Waals surface area (Å²) in [5.74, 6) is -0.277. The van der Waals surface area contributed by atoms with E-state index in [2.05, 4.69) is 21.4 Å². The minimum atomic E-state index is -4.51. The Hall–Kier alpha value is -4.01. The molecular weight excluding hydrogens is 483 g/mol. The smallest absolute Gasteiger partial charge is 0.416 e. The van der Waals surface area contributed by atoms with Gasteiger partial charge in [-0.2, -0.15) is 13.2 Å². The lowest BCUT2D eigenvalue weighted by Crippen LogP contribution is -2.14. The minimum absolute atomic E-state index is 0.285. The molecule has 1 unspecified atom stereocenters. The first kappa shape index (κ1) is 24.7. The number of pyridine rings is 1. The Morgan fingerprint density at radius 1 is 1.11 bits per heavy atom. The Labute approximate surface area is 211 Å². The van der Waals surface area contributed by atoms with Crippen LogP contribution in [0.5, 0.6) is 5.75 Å². The number of fused-ring (bicyclic) bond motifs is 2. The molecule has 0 fully saturated rings. The molecule has 5 rings (SSSR count). The van der Waals surface area contributed by atoms with E-state index in [1.165, 1.54) is 17.7 Å². The average Bonchev–Trinajstić information content (AvgIpc) is 3.30. The molecule has 2 aromatic carbocycles. The lowest BCUT2D eigenvalue weighted by atomic mass is 9.91. The van der Waals surface area contributed by atoms with Crippen LogP contribution < -0.4 is 10.1 Å². The zero-order chi connectivity index (χ0) is 26.0. The molecule has 37 heavy (non-hydrogen) atoms. The summed E-state index contributed by atoms with van der Waals surface area (Å²) in [5, 5.41) is 13.6. The van der Waals surface area contributed by atoms with Crippen LogP contribution in [-0.2, 0) is 23.8 Å². The van der Waals surface area contributed by atoms with Crippen molar-refractivity contribution in [3.8, 4) is 5.75 Å². The predicted molar refractivity (Wildman–Crippen MR) is 134 cm³/mol. The van der Waals surface area contributed by atoms with Crippen molar-refractivity contribution in [1.82, 2.24) is 9.97 Å². The maximum atomic E-state index is 13.2. The number of carboxylic acid groups (broad SMARTS) is 1. The number of alkyl halides is 3. The monoisotopic (exact) mass is 509 g/mol. The molecular formula is C28H26F3N3O3. The van der Waals surface area contributed by atoms with E-state index in [0.717, 1.165) is 53.9 Å². The molecule has 1 atom stereocenters. The first-order valence-corrected chi connectivity index (χ1v) is 12.1. The Morgan fingerprint density at radius 2 is 1.97 bits per heavy atom. The first-order chi connectivity index (χ1) is 17.8. The molecule has 2 aromatic heterocycles. The molecule has 6 nitrogen and oxygen atoms in total. The van der Waals surface area contributed by atoms with Gasteiger partial charge in [0.15, 0.2) is 0 Å². The highest BCUT2D eigenvalue weighted by Crippen LogP contribution is 2.35. The number of aryl methyl sites for hydroxylation is 1. The van der Waals surface area contributed by atoms with Crippen LogP contribution >= 0.6 is 0 Å². The van der Waals surface area contributed by atoms with Crippen LogP contribution in [0.4, 0.5) is 19.0 Å². The van der Waals surface area contributed by atoms with Gasteiger partial charge in [0, 0.05) is 41.2 Å². The van der Waals surface area contributed by atoms with Crippen molar-refractivity contribution < 1.29 is 27.8 Å². The van der Waals surface area contributed by atoms with Crippen molar-refractivity contribution >= 4 is 22.7 Å². The van der Waals surface area contributed by atoms with Gasteiger partial charge in [-0.3, -0.25) is 4.79 Å². The average molecular weight is 510 g/mol. The van der Waals surface area contributed by atoms with E-state index >= 15 is 0 Å². The summed E-state index contributed by atoms with van der Waals surface area (Å²) in [6.07, 6.45) is -2.08. The molecule has 1 aliphatic heterocycles. The lowest BCUT2D eigenvalue weighted by Gasteiger charge is -2.17. The second-order valence-corrected chi connectivity index (χ2v) is 9.19. The summed E-state index contributed by atoms with van der Waals surface area (Å²) < 4.78 is 45.7. The number of halogens is 3. The van der Waals surface area contributed by atoms with Crippen molar-refractivity contribution in [2.75, 3.05) is 18.5 Å². The predicted octanol–water partition coefficient (Wildman–Crippen LogP) is 6.17. The second kappa shape index (κ2) is 10.2. The van der Waals surface area contributed by atoms with E-state index in [0.29, 0.717) is 24.5 Å². The van der Waals surface area contributed by atoms with Crippen LogP contribution in [0.3, 0.4) is 0 Å². The normalized spacial score (nSPS) is 14.1. The number of carboxylic acids is 1. The van der Waals surface area contributed by atoms with Crippen LogP contribution in [0.2, 0.25) is 0 Å². The topological polar surface area (TPSA) is 87.2 Å². The minimum Gasteiger partial charge on any atom is -0.493 e. The number of benzene rings is 2. The fraction of sp³-hybridized carbons (Fsp3) is 0.286. The van der Waals surface area contributed by atoms with Crippen molar-refractivity contribution in [1.29, 1.82) is 0 Å². The number of anilines is 1. The number of H-pyrrole nitrogens is 1. The molecule has 192 valence electrons. The van der Waals surface area contributed by atoms with Gasteiger partial charge in [0.1, 0.15) is 11.6 Å². The zero-order valence-electron chi connectivity index (χ0n) is 19.9. The summed E-state index contributed by atoms with van der Waals surface area (Å²) in [4.78, 5) is 19.4. The fourth-order valence-electron chi connectivity index (χ4n) is 4.71. The SMILES string of the molecule is O=C(O)CC(c1cccc(C(F)(F)F)c1)c1cc2cc(OCCc3ccc4c(n3)NCCC4)ccc2[nH]1. The molecule has 0 saturated heterocycles. The largest absolute Gasteiger partial charge is 0.493 e.